The molecule has 0 N–H and O–H groups in total. The van der Waals surface area contributed by atoms with Gasteiger partial charge in [0.05, 0.1) is 0 Å². The molecule has 3 aromatic rings. The lowest BCUT2D eigenvalue weighted by molar-refractivity contribution is -0.0400. The van der Waals surface area contributed by atoms with Crippen molar-refractivity contribution >= 4 is 39.7 Å². The second-order valence-corrected chi connectivity index (χ2v) is 15.6. The zero-order chi connectivity index (χ0) is 28.2. The van der Waals surface area contributed by atoms with Crippen molar-refractivity contribution in [1.29, 1.82) is 0 Å². The molecule has 3 aromatic carbocycles. The van der Waals surface area contributed by atoms with Gasteiger partial charge in [-0.15, -0.1) is 0 Å². The molecule has 0 radical (unpaired) electrons. The molecule has 12 heteroatoms. The number of hydrogen-bond donors (Lipinski definition) is 0. The zero-order valence-corrected chi connectivity index (χ0v) is 22.7. The van der Waals surface area contributed by atoms with Crippen LogP contribution < -0.4 is 15.9 Å². The van der Waals surface area contributed by atoms with Crippen molar-refractivity contribution in [1.82, 2.24) is 0 Å². The summed E-state index contributed by atoms with van der Waals surface area (Å²) in [5.41, 5.74) is -1.93. The summed E-state index contributed by atoms with van der Waals surface area (Å²) in [5, 5.41) is -0.394. The predicted molar refractivity (Wildman–Crippen MR) is 140 cm³/mol. The van der Waals surface area contributed by atoms with Crippen LogP contribution in [0.1, 0.15) is 6.92 Å². The van der Waals surface area contributed by atoms with Gasteiger partial charge in [0.2, 0.25) is 0 Å². The number of rotatable bonds is 9. The first-order valence-electron chi connectivity index (χ1n) is 11.3. The summed E-state index contributed by atoms with van der Waals surface area (Å²) in [7, 11) is -9.21. The van der Waals surface area contributed by atoms with Gasteiger partial charge in [0, 0.05) is 23.8 Å². The van der Waals surface area contributed by atoms with Gasteiger partial charge in [-0.1, -0.05) is 97.9 Å². The van der Waals surface area contributed by atoms with Gasteiger partial charge in [0.25, 0.3) is 0 Å². The van der Waals surface area contributed by atoms with E-state index in [2.05, 4.69) is 0 Å². The van der Waals surface area contributed by atoms with Gasteiger partial charge in [0.1, 0.15) is 0 Å². The van der Waals surface area contributed by atoms with Gasteiger partial charge >= 0.3 is 17.8 Å². The minimum absolute atomic E-state index is 0.131. The summed E-state index contributed by atoms with van der Waals surface area (Å²) < 4.78 is 129. The maximum Gasteiger partial charge on any atom is 0.409 e. The smallest absolute Gasteiger partial charge is 0.167 e. The summed E-state index contributed by atoms with van der Waals surface area (Å²) in [4.78, 5) is 0. The van der Waals surface area contributed by atoms with Gasteiger partial charge in [-0.25, -0.2) is 0 Å². The van der Waals surface area contributed by atoms with Crippen molar-refractivity contribution in [2.45, 2.75) is 24.7 Å². The van der Waals surface area contributed by atoms with Crippen LogP contribution in [0.2, 0.25) is 0 Å². The van der Waals surface area contributed by atoms with E-state index in [0.29, 0.717) is 0 Å². The molecule has 0 aliphatic heterocycles. The SMILES string of the molecule is CC(CP(c1ccccc1)C(F)(F)F)(CP(c1ccccc1)C(F)(F)F)CP(c1ccccc1)C(F)(F)F. The highest BCUT2D eigenvalue weighted by atomic mass is 31.1. The first kappa shape index (κ1) is 30.9. The van der Waals surface area contributed by atoms with E-state index in [4.69, 9.17) is 0 Å². The van der Waals surface area contributed by atoms with Crippen LogP contribution in [0.4, 0.5) is 39.5 Å². The fourth-order valence-corrected chi connectivity index (χ4v) is 11.2. The van der Waals surface area contributed by atoms with E-state index in [-0.39, 0.29) is 15.9 Å². The highest BCUT2D eigenvalue weighted by Crippen LogP contribution is 2.64. The summed E-state index contributed by atoms with van der Waals surface area (Å²) in [6.07, 6.45) is -2.54. The lowest BCUT2D eigenvalue weighted by Crippen LogP contribution is -2.38. The first-order chi connectivity index (χ1) is 17.6. The maximum atomic E-state index is 14.3. The first-order valence-corrected chi connectivity index (χ1v) is 15.9. The summed E-state index contributed by atoms with van der Waals surface area (Å²) in [5.74, 6) is -14.4. The molecule has 0 aliphatic rings. The lowest BCUT2D eigenvalue weighted by atomic mass is 9.99. The Bertz CT molecular complexity index is 988. The van der Waals surface area contributed by atoms with Gasteiger partial charge in [-0.05, 0) is 39.8 Å². The van der Waals surface area contributed by atoms with Gasteiger partial charge in [-0.2, -0.15) is 39.5 Å². The molecule has 0 saturated carbocycles. The summed E-state index contributed by atoms with van der Waals surface area (Å²) in [6.45, 7) is 1.16. The molecule has 0 spiro atoms. The zero-order valence-electron chi connectivity index (χ0n) is 20.0. The molecule has 3 atom stereocenters. The molecule has 3 rings (SSSR count). The van der Waals surface area contributed by atoms with Gasteiger partial charge in [-0.3, -0.25) is 0 Å². The highest BCUT2D eigenvalue weighted by molar-refractivity contribution is 7.68. The number of hydrogen-bond acceptors (Lipinski definition) is 0. The summed E-state index contributed by atoms with van der Waals surface area (Å²) >= 11 is 0. The standard InChI is InChI=1S/C26H24F9P3/c1-23(17-36(24(27,28)29)20-11-5-2-6-12-20,18-37(25(30,31)32)21-13-7-3-8-14-21)19-38(26(33,34)35)22-15-9-4-10-16-22/h2-16H,17-19H2,1H3. The minimum Gasteiger partial charge on any atom is -0.167 e. The molecular formula is C26H24F9P3. The van der Waals surface area contributed by atoms with Crippen molar-refractivity contribution in [3.05, 3.63) is 91.0 Å². The van der Waals surface area contributed by atoms with Crippen LogP contribution in [0.15, 0.2) is 91.0 Å². The second kappa shape index (κ2) is 12.2. The largest absolute Gasteiger partial charge is 0.409 e. The molecule has 3 unspecified atom stereocenters. The third kappa shape index (κ3) is 8.41. The summed E-state index contributed by atoms with van der Waals surface area (Å²) in [6, 6.07) is 20.2. The van der Waals surface area contributed by atoms with Gasteiger partial charge in [0.15, 0.2) is 0 Å². The van der Waals surface area contributed by atoms with Crippen molar-refractivity contribution < 1.29 is 39.5 Å². The Hall–Kier alpha value is -1.68. The van der Waals surface area contributed by atoms with E-state index in [0.717, 1.165) is 6.92 Å². The van der Waals surface area contributed by atoms with Crippen molar-refractivity contribution in [3.8, 4) is 0 Å². The Morgan fingerprint density at radius 3 is 0.816 bits per heavy atom. The number of halogens is 9. The van der Waals surface area contributed by atoms with Crippen molar-refractivity contribution in [2.75, 3.05) is 18.5 Å². The monoisotopic (exact) mass is 600 g/mol. The molecule has 0 heterocycles. The Morgan fingerprint density at radius 2 is 0.632 bits per heavy atom. The van der Waals surface area contributed by atoms with Gasteiger partial charge < -0.3 is 0 Å². The topological polar surface area (TPSA) is 0 Å². The highest BCUT2D eigenvalue weighted by Gasteiger charge is 2.52. The number of benzene rings is 3. The van der Waals surface area contributed by atoms with Crippen LogP contribution in [0.5, 0.6) is 0 Å². The Morgan fingerprint density at radius 1 is 0.421 bits per heavy atom. The van der Waals surface area contributed by atoms with Crippen LogP contribution in [0.3, 0.4) is 0 Å². The quantitative estimate of drug-likeness (QED) is 0.170. The van der Waals surface area contributed by atoms with Crippen LogP contribution >= 0.6 is 23.8 Å². The molecule has 0 amide bonds. The fourth-order valence-electron chi connectivity index (χ4n) is 4.10. The Balaban J connectivity index is 2.13. The molecule has 0 saturated heterocycles. The van der Waals surface area contributed by atoms with Crippen LogP contribution in [-0.2, 0) is 0 Å². The van der Waals surface area contributed by atoms with E-state index in [9.17, 15) is 39.5 Å². The van der Waals surface area contributed by atoms with E-state index in [1.54, 1.807) is 0 Å². The van der Waals surface area contributed by atoms with E-state index < -0.39 is 65.4 Å². The average Bonchev–Trinajstić information content (AvgIpc) is 2.84. The van der Waals surface area contributed by atoms with Crippen LogP contribution in [0, 0.1) is 5.41 Å². The molecule has 0 nitrogen and oxygen atoms in total. The third-order valence-electron chi connectivity index (χ3n) is 5.74. The third-order valence-corrected chi connectivity index (χ3v) is 13.6. The molecule has 38 heavy (non-hydrogen) atoms. The Labute approximate surface area is 218 Å². The van der Waals surface area contributed by atoms with E-state index >= 15 is 0 Å². The predicted octanol–water partition coefficient (Wildman–Crippen LogP) is 8.97. The van der Waals surface area contributed by atoms with E-state index in [1.807, 2.05) is 0 Å². The molecule has 0 fully saturated rings. The molecule has 0 aromatic heterocycles. The van der Waals surface area contributed by atoms with Crippen molar-refractivity contribution in [2.24, 2.45) is 5.41 Å². The fraction of sp³-hybridized carbons (Fsp3) is 0.308. The van der Waals surface area contributed by atoms with Crippen LogP contribution in [-0.4, -0.2) is 36.2 Å². The maximum absolute atomic E-state index is 14.3. The average molecular weight is 600 g/mol. The molecular weight excluding hydrogens is 576 g/mol. The minimum atomic E-state index is -4.81. The second-order valence-electron chi connectivity index (χ2n) is 8.98. The molecule has 0 aliphatic carbocycles. The van der Waals surface area contributed by atoms with Crippen LogP contribution in [0.25, 0.3) is 0 Å². The number of alkyl halides is 9. The molecule has 206 valence electrons. The normalized spacial score (nSPS) is 16.9. The van der Waals surface area contributed by atoms with E-state index in [1.165, 1.54) is 91.0 Å². The lowest BCUT2D eigenvalue weighted by Gasteiger charge is -2.40. The molecule has 0 bridgehead atoms. The van der Waals surface area contributed by atoms with Crippen molar-refractivity contribution in [3.63, 3.8) is 0 Å². The Kier molecular flexibility index (Phi) is 9.93.